The number of halogens is 2. The molecule has 2 aromatic rings. The van der Waals surface area contributed by atoms with Crippen molar-refractivity contribution in [2.24, 2.45) is 5.10 Å². The fourth-order valence-electron chi connectivity index (χ4n) is 2.58. The number of hydrogen-bond donors (Lipinski definition) is 0. The van der Waals surface area contributed by atoms with Crippen LogP contribution in [0.3, 0.4) is 0 Å². The molecule has 1 aliphatic rings. The molecule has 1 saturated heterocycles. The number of benzene rings is 2. The van der Waals surface area contributed by atoms with Crippen molar-refractivity contribution in [3.63, 3.8) is 0 Å². The van der Waals surface area contributed by atoms with Crippen LogP contribution in [0.2, 0.25) is 0 Å². The van der Waals surface area contributed by atoms with Gasteiger partial charge in [0.05, 0.1) is 6.21 Å². The third kappa shape index (κ3) is 5.34. The highest BCUT2D eigenvalue weighted by atomic mass is 79.9. The zero-order valence-corrected chi connectivity index (χ0v) is 15.3. The normalized spacial score (nSPS) is 15.6. The van der Waals surface area contributed by atoms with Crippen LogP contribution in [0.25, 0.3) is 0 Å². The van der Waals surface area contributed by atoms with Gasteiger partial charge in [-0.3, -0.25) is 9.91 Å². The first-order valence-electron chi connectivity index (χ1n) is 7.61. The summed E-state index contributed by atoms with van der Waals surface area (Å²) in [7, 11) is 0. The van der Waals surface area contributed by atoms with Crippen LogP contribution in [0.5, 0.6) is 0 Å². The lowest BCUT2D eigenvalue weighted by molar-refractivity contribution is 0.131. The molecule has 2 aromatic carbocycles. The van der Waals surface area contributed by atoms with E-state index in [1.165, 1.54) is 5.56 Å². The molecule has 3 nitrogen and oxygen atoms in total. The minimum absolute atomic E-state index is 0. The second-order valence-corrected chi connectivity index (χ2v) is 6.34. The Morgan fingerprint density at radius 1 is 0.913 bits per heavy atom. The maximum absolute atomic E-state index is 4.61. The van der Waals surface area contributed by atoms with E-state index >= 15 is 0 Å². The molecule has 0 aliphatic carbocycles. The van der Waals surface area contributed by atoms with E-state index in [0.29, 0.717) is 0 Å². The molecule has 0 bridgehead atoms. The van der Waals surface area contributed by atoms with Gasteiger partial charge in [0.15, 0.2) is 0 Å². The number of rotatable bonds is 4. The minimum Gasteiger partial charge on any atom is -0.295 e. The fourth-order valence-corrected chi connectivity index (χ4v) is 2.96. The van der Waals surface area contributed by atoms with Crippen molar-refractivity contribution >= 4 is 34.6 Å². The lowest BCUT2D eigenvalue weighted by Gasteiger charge is -2.33. The molecule has 1 fully saturated rings. The van der Waals surface area contributed by atoms with Crippen LogP contribution in [0, 0.1) is 0 Å². The van der Waals surface area contributed by atoms with Crippen molar-refractivity contribution in [3.05, 3.63) is 70.2 Å². The van der Waals surface area contributed by atoms with Crippen LogP contribution in [-0.2, 0) is 6.54 Å². The Morgan fingerprint density at radius 3 is 2.26 bits per heavy atom. The molecule has 0 atom stereocenters. The van der Waals surface area contributed by atoms with Gasteiger partial charge in [0.1, 0.15) is 0 Å². The van der Waals surface area contributed by atoms with Gasteiger partial charge in [-0.1, -0.05) is 64.5 Å². The molecule has 0 aromatic heterocycles. The monoisotopic (exact) mass is 393 g/mol. The summed E-state index contributed by atoms with van der Waals surface area (Å²) >= 11 is 3.55. The lowest BCUT2D eigenvalue weighted by atomic mass is 10.2. The Hall–Kier alpha value is -1.36. The Labute approximate surface area is 152 Å². The van der Waals surface area contributed by atoms with Crippen LogP contribution >= 0.6 is 28.3 Å². The summed E-state index contributed by atoms with van der Waals surface area (Å²) in [6, 6.07) is 18.8. The van der Waals surface area contributed by atoms with Crippen molar-refractivity contribution in [2.45, 2.75) is 6.54 Å². The van der Waals surface area contributed by atoms with Crippen LogP contribution in [-0.4, -0.2) is 42.3 Å². The summed E-state index contributed by atoms with van der Waals surface area (Å²) in [5.41, 5.74) is 2.50. The summed E-state index contributed by atoms with van der Waals surface area (Å²) in [5.74, 6) is 0. The molecule has 0 unspecified atom stereocenters. The van der Waals surface area contributed by atoms with E-state index in [-0.39, 0.29) is 12.4 Å². The van der Waals surface area contributed by atoms with Gasteiger partial charge in [-0.05, 0) is 11.6 Å². The van der Waals surface area contributed by atoms with Crippen LogP contribution in [0.4, 0.5) is 0 Å². The van der Waals surface area contributed by atoms with Gasteiger partial charge in [-0.15, -0.1) is 12.4 Å². The highest BCUT2D eigenvalue weighted by Gasteiger charge is 2.15. The van der Waals surface area contributed by atoms with Gasteiger partial charge in [-0.25, -0.2) is 0 Å². The summed E-state index contributed by atoms with van der Waals surface area (Å²) < 4.78 is 1.08. The molecule has 0 saturated carbocycles. The predicted molar refractivity (Wildman–Crippen MR) is 102 cm³/mol. The molecule has 1 aliphatic heterocycles. The van der Waals surface area contributed by atoms with Gasteiger partial charge in [0.25, 0.3) is 0 Å². The molecular formula is C18H21BrClN3. The van der Waals surface area contributed by atoms with Crippen LogP contribution in [0.1, 0.15) is 11.1 Å². The van der Waals surface area contributed by atoms with E-state index in [4.69, 9.17) is 0 Å². The fraction of sp³-hybridized carbons (Fsp3) is 0.278. The molecule has 0 spiro atoms. The van der Waals surface area contributed by atoms with Gasteiger partial charge >= 0.3 is 0 Å². The summed E-state index contributed by atoms with van der Waals surface area (Å²) in [6.07, 6.45) is 1.94. The van der Waals surface area contributed by atoms with Crippen molar-refractivity contribution < 1.29 is 0 Å². The summed E-state index contributed by atoms with van der Waals surface area (Å²) in [6.45, 7) is 5.11. The highest BCUT2D eigenvalue weighted by molar-refractivity contribution is 9.10. The molecule has 3 rings (SSSR count). The van der Waals surface area contributed by atoms with Crippen molar-refractivity contribution in [2.75, 3.05) is 26.2 Å². The van der Waals surface area contributed by atoms with E-state index in [0.717, 1.165) is 42.8 Å². The Bertz CT molecular complexity index is 625. The Balaban J connectivity index is 0.00000192. The van der Waals surface area contributed by atoms with Crippen LogP contribution in [0.15, 0.2) is 64.2 Å². The minimum atomic E-state index is 0. The van der Waals surface area contributed by atoms with Crippen molar-refractivity contribution in [1.29, 1.82) is 0 Å². The lowest BCUT2D eigenvalue weighted by Crippen LogP contribution is -2.43. The van der Waals surface area contributed by atoms with Gasteiger partial charge in [0, 0.05) is 42.8 Å². The van der Waals surface area contributed by atoms with Gasteiger partial charge < -0.3 is 0 Å². The maximum Gasteiger partial charge on any atom is 0.0554 e. The van der Waals surface area contributed by atoms with Gasteiger partial charge in [0.2, 0.25) is 0 Å². The third-order valence-electron chi connectivity index (χ3n) is 3.86. The molecule has 0 N–H and O–H groups in total. The average molecular weight is 395 g/mol. The summed E-state index contributed by atoms with van der Waals surface area (Å²) in [5, 5.41) is 6.76. The molecule has 0 amide bonds. The van der Waals surface area contributed by atoms with Crippen molar-refractivity contribution in [1.82, 2.24) is 9.91 Å². The second kappa shape index (κ2) is 9.06. The first kappa shape index (κ1) is 18.0. The largest absolute Gasteiger partial charge is 0.295 e. The quantitative estimate of drug-likeness (QED) is 0.729. The van der Waals surface area contributed by atoms with E-state index in [2.05, 4.69) is 67.3 Å². The number of piperazine rings is 1. The van der Waals surface area contributed by atoms with E-state index in [1.54, 1.807) is 0 Å². The molecule has 23 heavy (non-hydrogen) atoms. The molecule has 122 valence electrons. The number of nitrogens with zero attached hydrogens (tertiary/aromatic N) is 3. The van der Waals surface area contributed by atoms with Gasteiger partial charge in [-0.2, -0.15) is 5.10 Å². The first-order valence-corrected chi connectivity index (χ1v) is 8.40. The number of hydrazone groups is 1. The highest BCUT2D eigenvalue weighted by Crippen LogP contribution is 2.14. The van der Waals surface area contributed by atoms with Crippen molar-refractivity contribution in [3.8, 4) is 0 Å². The maximum atomic E-state index is 4.61. The SMILES string of the molecule is Brc1ccccc1/C=N/N1CCN(Cc2ccccc2)CC1.Cl. The topological polar surface area (TPSA) is 18.8 Å². The van der Waals surface area contributed by atoms with E-state index in [1.807, 2.05) is 24.4 Å². The van der Waals surface area contributed by atoms with E-state index in [9.17, 15) is 0 Å². The molecule has 1 heterocycles. The summed E-state index contributed by atoms with van der Waals surface area (Å²) in [4.78, 5) is 2.49. The predicted octanol–water partition coefficient (Wildman–Crippen LogP) is 4.02. The van der Waals surface area contributed by atoms with Crippen LogP contribution < -0.4 is 0 Å². The zero-order valence-electron chi connectivity index (χ0n) is 12.9. The third-order valence-corrected chi connectivity index (χ3v) is 4.59. The standard InChI is InChI=1S/C18H20BrN3.ClH/c19-18-9-5-4-8-17(18)14-20-22-12-10-21(11-13-22)15-16-6-2-1-3-7-16;/h1-9,14H,10-13,15H2;1H/b20-14+;. The Morgan fingerprint density at radius 2 is 1.57 bits per heavy atom. The molecule has 0 radical (unpaired) electrons. The zero-order chi connectivity index (χ0) is 15.2. The molecular weight excluding hydrogens is 374 g/mol. The molecule has 5 heteroatoms. The number of hydrogen-bond acceptors (Lipinski definition) is 3. The second-order valence-electron chi connectivity index (χ2n) is 5.48. The first-order chi connectivity index (χ1) is 10.8. The Kier molecular flexibility index (Phi) is 7.09. The average Bonchev–Trinajstić information content (AvgIpc) is 2.56. The smallest absolute Gasteiger partial charge is 0.0554 e. The van der Waals surface area contributed by atoms with E-state index < -0.39 is 0 Å².